The van der Waals surface area contributed by atoms with Crippen LogP contribution in [0.5, 0.6) is 0 Å². The second-order valence-electron chi connectivity index (χ2n) is 6.26. The minimum atomic E-state index is -0.985. The van der Waals surface area contributed by atoms with E-state index >= 15 is 0 Å². The molecule has 5 nitrogen and oxygen atoms in total. The van der Waals surface area contributed by atoms with E-state index in [1.54, 1.807) is 12.1 Å². The Balaban J connectivity index is 1.65. The molecule has 1 heterocycles. The molecule has 0 unspecified atom stereocenters. The Hall–Kier alpha value is -2.89. The van der Waals surface area contributed by atoms with Crippen LogP contribution < -0.4 is 0 Å². The lowest BCUT2D eigenvalue weighted by molar-refractivity contribution is -0.140. The molecule has 1 saturated heterocycles. The average Bonchev–Trinajstić information content (AvgIpc) is 2.56. The number of carboxylic acid groups (broad SMARTS) is 1. The fourth-order valence-corrected chi connectivity index (χ4v) is 3.13. The average molecular weight is 343 g/mol. The highest BCUT2D eigenvalue weighted by Crippen LogP contribution is 2.38. The van der Waals surface area contributed by atoms with Crippen molar-refractivity contribution in [3.63, 3.8) is 0 Å². The van der Waals surface area contributed by atoms with E-state index in [9.17, 15) is 19.1 Å². The van der Waals surface area contributed by atoms with Gasteiger partial charge >= 0.3 is 12.1 Å². The summed E-state index contributed by atoms with van der Waals surface area (Å²) in [6.45, 7) is 0.537. The number of rotatable bonds is 5. The number of carboxylic acids is 1. The molecule has 25 heavy (non-hydrogen) atoms. The molecular weight excluding hydrogens is 325 g/mol. The first-order valence-electron chi connectivity index (χ1n) is 7.92. The number of likely N-dealkylation sites (tertiary alicyclic amines) is 1. The largest absolute Gasteiger partial charge is 0.481 e. The summed E-state index contributed by atoms with van der Waals surface area (Å²) < 4.78 is 18.8. The monoisotopic (exact) mass is 343 g/mol. The van der Waals surface area contributed by atoms with E-state index in [2.05, 4.69) is 0 Å². The van der Waals surface area contributed by atoms with E-state index in [-0.39, 0.29) is 26.1 Å². The molecule has 0 aliphatic carbocycles. The first-order valence-corrected chi connectivity index (χ1v) is 7.92. The van der Waals surface area contributed by atoms with Gasteiger partial charge in [0.25, 0.3) is 0 Å². The van der Waals surface area contributed by atoms with Crippen LogP contribution in [0.3, 0.4) is 0 Å². The van der Waals surface area contributed by atoms with Gasteiger partial charge in [-0.3, -0.25) is 4.79 Å². The minimum Gasteiger partial charge on any atom is -0.481 e. The number of hydrogen-bond donors (Lipinski definition) is 1. The topological polar surface area (TPSA) is 66.8 Å². The minimum absolute atomic E-state index is 0.155. The summed E-state index contributed by atoms with van der Waals surface area (Å²) in [7, 11) is 0. The van der Waals surface area contributed by atoms with Crippen LogP contribution in [0.2, 0.25) is 0 Å². The molecule has 0 bridgehead atoms. The van der Waals surface area contributed by atoms with Crippen LogP contribution in [-0.2, 0) is 21.6 Å². The van der Waals surface area contributed by atoms with Crippen LogP contribution in [0.1, 0.15) is 17.5 Å². The van der Waals surface area contributed by atoms with Crippen molar-refractivity contribution in [3.05, 3.63) is 71.5 Å². The standard InChI is InChI=1S/C19H18FNO4/c20-16-8-4-7-15(9-16)19(10-17(22)23)12-21(13-19)18(24)25-11-14-5-2-1-3-6-14/h1-9H,10-13H2,(H,22,23). The Morgan fingerprint density at radius 2 is 1.84 bits per heavy atom. The van der Waals surface area contributed by atoms with E-state index in [0.29, 0.717) is 5.56 Å². The molecule has 0 radical (unpaired) electrons. The molecule has 1 aliphatic rings. The number of benzene rings is 2. The predicted molar refractivity (Wildman–Crippen MR) is 88.5 cm³/mol. The summed E-state index contributed by atoms with van der Waals surface area (Å²) in [6.07, 6.45) is -0.667. The highest BCUT2D eigenvalue weighted by atomic mass is 19.1. The number of nitrogens with zero attached hydrogens (tertiary/aromatic N) is 1. The summed E-state index contributed by atoms with van der Waals surface area (Å²) in [4.78, 5) is 24.8. The van der Waals surface area contributed by atoms with Crippen molar-refractivity contribution in [3.8, 4) is 0 Å². The molecule has 2 aromatic rings. The third-order valence-electron chi connectivity index (χ3n) is 4.38. The molecule has 3 rings (SSSR count). The molecule has 0 spiro atoms. The lowest BCUT2D eigenvalue weighted by atomic mass is 9.71. The highest BCUT2D eigenvalue weighted by Gasteiger charge is 2.48. The van der Waals surface area contributed by atoms with Crippen molar-refractivity contribution in [2.45, 2.75) is 18.4 Å². The van der Waals surface area contributed by atoms with E-state index in [1.807, 2.05) is 30.3 Å². The molecule has 6 heteroatoms. The van der Waals surface area contributed by atoms with Gasteiger partial charge in [-0.05, 0) is 23.3 Å². The lowest BCUT2D eigenvalue weighted by Gasteiger charge is -2.49. The molecule has 0 saturated carbocycles. The van der Waals surface area contributed by atoms with Gasteiger partial charge in [-0.1, -0.05) is 42.5 Å². The van der Waals surface area contributed by atoms with Crippen molar-refractivity contribution >= 4 is 12.1 Å². The molecule has 1 N–H and O–H groups in total. The molecule has 130 valence electrons. The molecule has 0 atom stereocenters. The highest BCUT2D eigenvalue weighted by molar-refractivity contribution is 5.73. The summed E-state index contributed by atoms with van der Waals surface area (Å²) >= 11 is 0. The Morgan fingerprint density at radius 3 is 2.48 bits per heavy atom. The molecule has 1 fully saturated rings. The van der Waals surface area contributed by atoms with Gasteiger partial charge in [0.15, 0.2) is 0 Å². The van der Waals surface area contributed by atoms with Crippen LogP contribution in [-0.4, -0.2) is 35.2 Å². The third-order valence-corrected chi connectivity index (χ3v) is 4.38. The van der Waals surface area contributed by atoms with Gasteiger partial charge in [-0.25, -0.2) is 9.18 Å². The van der Waals surface area contributed by atoms with Crippen LogP contribution in [0.25, 0.3) is 0 Å². The Morgan fingerprint density at radius 1 is 1.12 bits per heavy atom. The van der Waals surface area contributed by atoms with Crippen molar-refractivity contribution in [1.82, 2.24) is 4.90 Å². The lowest BCUT2D eigenvalue weighted by Crippen LogP contribution is -2.62. The summed E-state index contributed by atoms with van der Waals surface area (Å²) in [5, 5.41) is 9.19. The van der Waals surface area contributed by atoms with Gasteiger partial charge in [0.05, 0.1) is 6.42 Å². The number of carbonyl (C=O) groups excluding carboxylic acids is 1. The zero-order valence-electron chi connectivity index (χ0n) is 13.5. The number of amides is 1. The molecule has 1 amide bonds. The van der Waals surface area contributed by atoms with Crippen molar-refractivity contribution < 1.29 is 23.8 Å². The van der Waals surface area contributed by atoms with E-state index in [4.69, 9.17) is 4.74 Å². The van der Waals surface area contributed by atoms with Crippen LogP contribution in [0.15, 0.2) is 54.6 Å². The summed E-state index contributed by atoms with van der Waals surface area (Å²) in [5.74, 6) is -1.41. The van der Waals surface area contributed by atoms with Crippen molar-refractivity contribution in [2.24, 2.45) is 0 Å². The second-order valence-corrected chi connectivity index (χ2v) is 6.26. The van der Waals surface area contributed by atoms with E-state index in [1.165, 1.54) is 17.0 Å². The Kier molecular flexibility index (Phi) is 4.70. The quantitative estimate of drug-likeness (QED) is 0.905. The number of hydrogen-bond acceptors (Lipinski definition) is 3. The first kappa shape index (κ1) is 17.0. The maximum atomic E-state index is 13.5. The molecule has 0 aromatic heterocycles. The third kappa shape index (κ3) is 3.79. The zero-order valence-corrected chi connectivity index (χ0v) is 13.5. The molecular formula is C19H18FNO4. The van der Waals surface area contributed by atoms with Gasteiger partial charge in [-0.15, -0.1) is 0 Å². The van der Waals surface area contributed by atoms with Crippen LogP contribution in [0, 0.1) is 5.82 Å². The fourth-order valence-electron chi connectivity index (χ4n) is 3.13. The predicted octanol–water partition coefficient (Wildman–Crippen LogP) is 3.19. The summed E-state index contributed by atoms with van der Waals surface area (Å²) in [5.41, 5.74) is 0.681. The smallest absolute Gasteiger partial charge is 0.410 e. The number of aliphatic carboxylic acids is 1. The van der Waals surface area contributed by atoms with Gasteiger partial charge in [0, 0.05) is 18.5 Å². The zero-order chi connectivity index (χ0) is 17.9. The van der Waals surface area contributed by atoms with E-state index in [0.717, 1.165) is 5.56 Å². The number of halogens is 1. The summed E-state index contributed by atoms with van der Waals surface area (Å²) in [6, 6.07) is 15.2. The van der Waals surface area contributed by atoms with Crippen molar-refractivity contribution in [1.29, 1.82) is 0 Å². The maximum absolute atomic E-state index is 13.5. The van der Waals surface area contributed by atoms with Crippen molar-refractivity contribution in [2.75, 3.05) is 13.1 Å². The first-order chi connectivity index (χ1) is 12.0. The van der Waals surface area contributed by atoms with Gasteiger partial charge in [-0.2, -0.15) is 0 Å². The fraction of sp³-hybridized carbons (Fsp3) is 0.263. The Bertz CT molecular complexity index is 772. The van der Waals surface area contributed by atoms with Crippen LogP contribution >= 0.6 is 0 Å². The maximum Gasteiger partial charge on any atom is 0.410 e. The molecule has 2 aromatic carbocycles. The second kappa shape index (κ2) is 6.93. The SMILES string of the molecule is O=C(O)CC1(c2cccc(F)c2)CN(C(=O)OCc2ccccc2)C1. The number of carbonyl (C=O) groups is 2. The Labute approximate surface area is 144 Å². The molecule has 1 aliphatic heterocycles. The normalized spacial score (nSPS) is 15.3. The van der Waals surface area contributed by atoms with Gasteiger partial charge in [0.2, 0.25) is 0 Å². The van der Waals surface area contributed by atoms with Gasteiger partial charge < -0.3 is 14.7 Å². The number of ether oxygens (including phenoxy) is 1. The van der Waals surface area contributed by atoms with Gasteiger partial charge in [0.1, 0.15) is 12.4 Å². The van der Waals surface area contributed by atoms with E-state index < -0.39 is 23.3 Å². The van der Waals surface area contributed by atoms with Crippen LogP contribution in [0.4, 0.5) is 9.18 Å².